The van der Waals surface area contributed by atoms with Crippen molar-refractivity contribution < 1.29 is 14.7 Å². The molecule has 3 aromatic carbocycles. The molecule has 0 aliphatic heterocycles. The summed E-state index contributed by atoms with van der Waals surface area (Å²) in [5, 5.41) is 10.1. The number of rotatable bonds is 9. The van der Waals surface area contributed by atoms with Crippen LogP contribution in [0.3, 0.4) is 0 Å². The molecule has 1 atom stereocenters. The van der Waals surface area contributed by atoms with Gasteiger partial charge in [-0.3, -0.25) is 9.78 Å². The smallest absolute Gasteiger partial charge is 0.326 e. The molecule has 0 radical (unpaired) electrons. The number of carboxylic acids is 1. The Morgan fingerprint density at radius 2 is 1.56 bits per heavy atom. The average molecular weight is 477 g/mol. The lowest BCUT2D eigenvalue weighted by Crippen LogP contribution is -2.45. The number of aliphatic carboxylic acids is 1. The molecular weight excluding hydrogens is 448 g/mol. The Morgan fingerprint density at radius 3 is 2.19 bits per heavy atom. The van der Waals surface area contributed by atoms with Gasteiger partial charge in [-0.2, -0.15) is 0 Å². The van der Waals surface area contributed by atoms with E-state index in [1.54, 1.807) is 12.3 Å². The molecule has 0 saturated heterocycles. The van der Waals surface area contributed by atoms with E-state index in [2.05, 4.69) is 4.98 Å². The van der Waals surface area contributed by atoms with Crippen LogP contribution in [-0.2, 0) is 22.6 Å². The number of carboxylic acid groups (broad SMARTS) is 1. The first-order chi connectivity index (χ1) is 17.5. The number of carbonyl (C=O) groups excluding carboxylic acids is 1. The first-order valence-corrected chi connectivity index (χ1v) is 11.8. The number of benzene rings is 3. The van der Waals surface area contributed by atoms with Gasteiger partial charge in [-0.1, -0.05) is 90.5 Å². The molecule has 36 heavy (non-hydrogen) atoms. The van der Waals surface area contributed by atoms with E-state index >= 15 is 0 Å². The average Bonchev–Trinajstić information content (AvgIpc) is 2.91. The summed E-state index contributed by atoms with van der Waals surface area (Å²) in [6, 6.07) is 29.6. The Balaban J connectivity index is 1.61. The maximum Gasteiger partial charge on any atom is 0.326 e. The number of amides is 1. The quantitative estimate of drug-likeness (QED) is 0.310. The Labute approximate surface area is 211 Å². The number of nitrogens with zero attached hydrogens (tertiary/aromatic N) is 2. The van der Waals surface area contributed by atoms with E-state index < -0.39 is 12.0 Å². The van der Waals surface area contributed by atoms with Crippen LogP contribution in [0.5, 0.6) is 0 Å². The normalized spacial score (nSPS) is 11.8. The Hall–Kier alpha value is -4.51. The maximum atomic E-state index is 13.4. The van der Waals surface area contributed by atoms with Crippen molar-refractivity contribution in [2.45, 2.75) is 25.9 Å². The monoisotopic (exact) mass is 476 g/mol. The number of hydrogen-bond donors (Lipinski definition) is 1. The van der Waals surface area contributed by atoms with Gasteiger partial charge in [0, 0.05) is 30.8 Å². The van der Waals surface area contributed by atoms with Crippen molar-refractivity contribution in [1.29, 1.82) is 0 Å². The van der Waals surface area contributed by atoms with Crippen LogP contribution in [0, 0.1) is 6.92 Å². The lowest BCUT2D eigenvalue weighted by molar-refractivity contribution is -0.148. The maximum absolute atomic E-state index is 13.4. The lowest BCUT2D eigenvalue weighted by Gasteiger charge is -2.28. The molecule has 180 valence electrons. The van der Waals surface area contributed by atoms with Crippen molar-refractivity contribution in [3.63, 3.8) is 0 Å². The van der Waals surface area contributed by atoms with Gasteiger partial charge in [0.25, 0.3) is 0 Å². The molecule has 0 fully saturated rings. The minimum absolute atomic E-state index is 0.170. The molecule has 1 N–H and O–H groups in total. The van der Waals surface area contributed by atoms with E-state index in [-0.39, 0.29) is 18.9 Å². The predicted octanol–water partition coefficient (Wildman–Crippen LogP) is 5.79. The summed E-state index contributed by atoms with van der Waals surface area (Å²) >= 11 is 0. The van der Waals surface area contributed by atoms with Crippen LogP contribution in [-0.4, -0.2) is 32.9 Å². The van der Waals surface area contributed by atoms with Crippen LogP contribution in [0.4, 0.5) is 0 Å². The second-order valence-electron chi connectivity index (χ2n) is 8.67. The lowest BCUT2D eigenvalue weighted by atomic mass is 10.0. The van der Waals surface area contributed by atoms with Crippen LogP contribution in [0.15, 0.2) is 109 Å². The minimum atomic E-state index is -1.04. The van der Waals surface area contributed by atoms with Crippen LogP contribution >= 0.6 is 0 Å². The summed E-state index contributed by atoms with van der Waals surface area (Å²) in [6.45, 7) is 2.17. The van der Waals surface area contributed by atoms with Gasteiger partial charge >= 0.3 is 5.97 Å². The molecule has 0 bridgehead atoms. The highest BCUT2D eigenvalue weighted by atomic mass is 16.4. The van der Waals surface area contributed by atoms with E-state index in [1.807, 2.05) is 104 Å². The van der Waals surface area contributed by atoms with Crippen molar-refractivity contribution in [2.24, 2.45) is 0 Å². The van der Waals surface area contributed by atoms with Crippen molar-refractivity contribution >= 4 is 18.0 Å². The Morgan fingerprint density at radius 1 is 0.861 bits per heavy atom. The van der Waals surface area contributed by atoms with E-state index in [1.165, 1.54) is 11.0 Å². The SMILES string of the molecule is Cc1ccc(/C=C/C(=O)N(Cc2ccc(-c3ccccn3)cc2)[C@@H](Cc2ccccc2)C(=O)O)cc1. The van der Waals surface area contributed by atoms with Crippen LogP contribution in [0.1, 0.15) is 22.3 Å². The van der Waals surface area contributed by atoms with E-state index in [9.17, 15) is 14.7 Å². The number of pyridine rings is 1. The minimum Gasteiger partial charge on any atom is -0.480 e. The van der Waals surface area contributed by atoms with Gasteiger partial charge in [0.15, 0.2) is 0 Å². The second-order valence-corrected chi connectivity index (χ2v) is 8.67. The predicted molar refractivity (Wildman–Crippen MR) is 142 cm³/mol. The zero-order valence-electron chi connectivity index (χ0n) is 20.1. The first kappa shape index (κ1) is 24.6. The summed E-state index contributed by atoms with van der Waals surface area (Å²) in [5.74, 6) is -1.39. The number of aryl methyl sites for hydroxylation is 1. The van der Waals surface area contributed by atoms with Crippen molar-refractivity contribution in [1.82, 2.24) is 9.88 Å². The molecule has 0 aliphatic rings. The van der Waals surface area contributed by atoms with E-state index in [0.717, 1.165) is 33.5 Å². The Kier molecular flexibility index (Phi) is 8.04. The highest BCUT2D eigenvalue weighted by molar-refractivity contribution is 5.94. The Bertz CT molecular complexity index is 1320. The van der Waals surface area contributed by atoms with E-state index in [0.29, 0.717) is 0 Å². The highest BCUT2D eigenvalue weighted by Gasteiger charge is 2.29. The van der Waals surface area contributed by atoms with Crippen molar-refractivity contribution in [2.75, 3.05) is 0 Å². The summed E-state index contributed by atoms with van der Waals surface area (Å²) < 4.78 is 0. The summed E-state index contributed by atoms with van der Waals surface area (Å²) in [6.07, 6.45) is 5.13. The van der Waals surface area contributed by atoms with Crippen LogP contribution in [0.25, 0.3) is 17.3 Å². The topological polar surface area (TPSA) is 70.5 Å². The summed E-state index contributed by atoms with van der Waals surface area (Å²) in [4.78, 5) is 31.5. The largest absolute Gasteiger partial charge is 0.480 e. The van der Waals surface area contributed by atoms with Gasteiger partial charge in [-0.05, 0) is 41.8 Å². The summed E-state index contributed by atoms with van der Waals surface area (Å²) in [5.41, 5.74) is 5.51. The molecule has 5 heteroatoms. The first-order valence-electron chi connectivity index (χ1n) is 11.8. The number of hydrogen-bond acceptors (Lipinski definition) is 3. The van der Waals surface area contributed by atoms with Crippen LogP contribution < -0.4 is 0 Å². The van der Waals surface area contributed by atoms with Gasteiger partial charge in [0.05, 0.1) is 5.69 Å². The molecule has 5 nitrogen and oxygen atoms in total. The fraction of sp³-hybridized carbons (Fsp3) is 0.129. The van der Waals surface area contributed by atoms with Gasteiger partial charge < -0.3 is 10.0 Å². The highest BCUT2D eigenvalue weighted by Crippen LogP contribution is 2.20. The molecule has 0 saturated carbocycles. The molecule has 0 unspecified atom stereocenters. The molecule has 1 amide bonds. The number of carbonyl (C=O) groups is 2. The summed E-state index contributed by atoms with van der Waals surface area (Å²) in [7, 11) is 0. The van der Waals surface area contributed by atoms with E-state index in [4.69, 9.17) is 0 Å². The fourth-order valence-electron chi connectivity index (χ4n) is 3.96. The standard InChI is InChI=1S/C31H28N2O3/c1-23-10-12-24(13-11-23)16-19-30(34)33(29(31(35)36)21-25-7-3-2-4-8-25)22-26-14-17-27(18-15-26)28-9-5-6-20-32-28/h2-20,29H,21-22H2,1H3,(H,35,36)/b19-16+/t29-/m0/s1. The molecule has 1 aromatic heterocycles. The van der Waals surface area contributed by atoms with Crippen molar-refractivity contribution in [3.8, 4) is 11.3 Å². The fourth-order valence-corrected chi connectivity index (χ4v) is 3.96. The second kappa shape index (κ2) is 11.8. The molecule has 4 aromatic rings. The third-order valence-corrected chi connectivity index (χ3v) is 5.98. The van der Waals surface area contributed by atoms with Gasteiger partial charge in [-0.15, -0.1) is 0 Å². The molecule has 0 aliphatic carbocycles. The van der Waals surface area contributed by atoms with Gasteiger partial charge in [0.2, 0.25) is 5.91 Å². The molecule has 1 heterocycles. The molecule has 4 rings (SSSR count). The molecule has 0 spiro atoms. The molecular formula is C31H28N2O3. The number of aromatic nitrogens is 1. The van der Waals surface area contributed by atoms with Gasteiger partial charge in [0.1, 0.15) is 6.04 Å². The van der Waals surface area contributed by atoms with Gasteiger partial charge in [-0.25, -0.2) is 4.79 Å². The van der Waals surface area contributed by atoms with Crippen molar-refractivity contribution in [3.05, 3.63) is 132 Å². The third kappa shape index (κ3) is 6.54. The zero-order valence-corrected chi connectivity index (χ0v) is 20.1. The third-order valence-electron chi connectivity index (χ3n) is 5.98. The zero-order chi connectivity index (χ0) is 25.3. The van der Waals surface area contributed by atoms with Crippen LogP contribution in [0.2, 0.25) is 0 Å².